The zero-order valence-electron chi connectivity index (χ0n) is 17.4. The summed E-state index contributed by atoms with van der Waals surface area (Å²) in [5.41, 5.74) is -0.288. The molecule has 6 rings (SSSR count). The Morgan fingerprint density at radius 2 is 1.81 bits per heavy atom. The van der Waals surface area contributed by atoms with Gasteiger partial charge in [0.25, 0.3) is 0 Å². The van der Waals surface area contributed by atoms with Gasteiger partial charge in [0.05, 0.1) is 12.6 Å². The fraction of sp³-hybridized carbons (Fsp3) is 0.458. The highest BCUT2D eigenvalue weighted by molar-refractivity contribution is 5.76. The number of fused-ring (bicyclic) bond motifs is 4. The van der Waals surface area contributed by atoms with E-state index in [0.29, 0.717) is 26.1 Å². The van der Waals surface area contributed by atoms with Gasteiger partial charge in [-0.25, -0.2) is 13.6 Å². The maximum atomic E-state index is 15.4. The number of hydrogen-bond acceptors (Lipinski definition) is 3. The van der Waals surface area contributed by atoms with Crippen molar-refractivity contribution in [2.45, 2.75) is 36.6 Å². The lowest BCUT2D eigenvalue weighted by atomic mass is 9.72. The van der Waals surface area contributed by atoms with Gasteiger partial charge in [0.15, 0.2) is 0 Å². The second-order valence-corrected chi connectivity index (χ2v) is 9.03. The van der Waals surface area contributed by atoms with E-state index in [4.69, 9.17) is 0 Å². The molecule has 7 heteroatoms. The standard InChI is InChI=1S/C24H27F2N3O2/c25-19-7-5-18(6-8-19)21-20-4-2-1-3-17(20)9-12-29(21)22(30)27-15-24(31)16-28-13-10-23(24,26)11-14-28/h1-8,21,31H,9-16H2,(H,27,30). The SMILES string of the molecule is O=C(NCC1(O)CN2CCC1(F)CC2)N1CCc2ccccc2C1c1ccc(F)cc1. The average Bonchev–Trinajstić information content (AvgIpc) is 2.78. The molecular formula is C24H27F2N3O2. The van der Waals surface area contributed by atoms with Gasteiger partial charge in [-0.3, -0.25) is 0 Å². The summed E-state index contributed by atoms with van der Waals surface area (Å²) in [6, 6.07) is 13.4. The third kappa shape index (κ3) is 3.49. The van der Waals surface area contributed by atoms with Crippen LogP contribution in [0.3, 0.4) is 0 Å². The lowest BCUT2D eigenvalue weighted by Crippen LogP contribution is -2.71. The first-order chi connectivity index (χ1) is 14.9. The number of carbonyl (C=O) groups excluding carboxylic acids is 1. The van der Waals surface area contributed by atoms with E-state index in [9.17, 15) is 14.3 Å². The van der Waals surface area contributed by atoms with Gasteiger partial charge < -0.3 is 20.2 Å². The molecule has 2 N–H and O–H groups in total. The Morgan fingerprint density at radius 1 is 1.10 bits per heavy atom. The van der Waals surface area contributed by atoms with Crippen molar-refractivity contribution in [1.82, 2.24) is 15.1 Å². The number of halogens is 2. The van der Waals surface area contributed by atoms with Gasteiger partial charge in [-0.2, -0.15) is 0 Å². The number of carbonyl (C=O) groups is 1. The number of piperidine rings is 3. The fourth-order valence-electron chi connectivity index (χ4n) is 5.37. The molecule has 2 bridgehead atoms. The van der Waals surface area contributed by atoms with Crippen LogP contribution in [0.2, 0.25) is 0 Å². The Hall–Kier alpha value is -2.51. The highest BCUT2D eigenvalue weighted by atomic mass is 19.1. The van der Waals surface area contributed by atoms with Gasteiger partial charge in [0, 0.05) is 26.2 Å². The van der Waals surface area contributed by atoms with Crippen LogP contribution in [-0.4, -0.2) is 64.9 Å². The molecule has 2 amide bonds. The molecule has 4 aliphatic heterocycles. The summed E-state index contributed by atoms with van der Waals surface area (Å²) in [7, 11) is 0. The van der Waals surface area contributed by atoms with Gasteiger partial charge in [-0.05, 0) is 48.1 Å². The molecule has 2 aromatic carbocycles. The summed E-state index contributed by atoms with van der Waals surface area (Å²) in [5, 5.41) is 13.9. The average molecular weight is 427 g/mol. The first-order valence-electron chi connectivity index (χ1n) is 10.9. The molecule has 2 atom stereocenters. The van der Waals surface area contributed by atoms with Crippen molar-refractivity contribution in [3.63, 3.8) is 0 Å². The van der Waals surface area contributed by atoms with Crippen LogP contribution in [0.1, 0.15) is 35.6 Å². The summed E-state index contributed by atoms with van der Waals surface area (Å²) < 4.78 is 28.9. The Morgan fingerprint density at radius 3 is 2.52 bits per heavy atom. The number of urea groups is 1. The first-order valence-corrected chi connectivity index (χ1v) is 10.9. The number of nitrogens with one attached hydrogen (secondary N) is 1. The monoisotopic (exact) mass is 427 g/mol. The van der Waals surface area contributed by atoms with Crippen LogP contribution in [0.15, 0.2) is 48.5 Å². The molecule has 0 aromatic heterocycles. The summed E-state index contributed by atoms with van der Waals surface area (Å²) in [4.78, 5) is 17.0. The molecule has 3 fully saturated rings. The van der Waals surface area contributed by atoms with Gasteiger partial charge in [0.1, 0.15) is 17.1 Å². The number of rotatable bonds is 3. The molecule has 31 heavy (non-hydrogen) atoms. The van der Waals surface area contributed by atoms with Crippen LogP contribution < -0.4 is 5.32 Å². The topological polar surface area (TPSA) is 55.8 Å². The fourth-order valence-corrected chi connectivity index (χ4v) is 5.37. The van der Waals surface area contributed by atoms with Gasteiger partial charge >= 0.3 is 6.03 Å². The first kappa shape index (κ1) is 20.4. The van der Waals surface area contributed by atoms with E-state index in [2.05, 4.69) is 5.32 Å². The Bertz CT molecular complexity index is 975. The molecule has 4 heterocycles. The summed E-state index contributed by atoms with van der Waals surface area (Å²) >= 11 is 0. The smallest absolute Gasteiger partial charge is 0.318 e. The van der Waals surface area contributed by atoms with Gasteiger partial charge in [-0.15, -0.1) is 0 Å². The molecule has 0 aliphatic carbocycles. The third-order valence-corrected chi connectivity index (χ3v) is 7.23. The second kappa shape index (κ2) is 7.57. The summed E-state index contributed by atoms with van der Waals surface area (Å²) in [6.07, 6.45) is 1.27. The molecule has 4 aliphatic rings. The van der Waals surface area contributed by atoms with Crippen molar-refractivity contribution in [3.8, 4) is 0 Å². The predicted molar refractivity (Wildman–Crippen MR) is 113 cm³/mol. The van der Waals surface area contributed by atoms with Crippen LogP contribution in [0.4, 0.5) is 13.6 Å². The molecule has 2 unspecified atom stereocenters. The highest BCUT2D eigenvalue weighted by Gasteiger charge is 2.57. The molecule has 5 nitrogen and oxygen atoms in total. The molecule has 3 saturated heterocycles. The number of hydrogen-bond donors (Lipinski definition) is 2. The molecular weight excluding hydrogens is 400 g/mol. The predicted octanol–water partition coefficient (Wildman–Crippen LogP) is 3.03. The quantitative estimate of drug-likeness (QED) is 0.792. The van der Waals surface area contributed by atoms with Crippen LogP contribution in [-0.2, 0) is 6.42 Å². The normalized spacial score (nSPS) is 31.9. The number of aliphatic hydroxyl groups is 1. The maximum Gasteiger partial charge on any atom is 0.318 e. The maximum absolute atomic E-state index is 15.4. The molecule has 0 saturated carbocycles. The number of alkyl halides is 1. The lowest BCUT2D eigenvalue weighted by molar-refractivity contribution is -0.180. The summed E-state index contributed by atoms with van der Waals surface area (Å²) in [6.45, 7) is 1.86. The zero-order chi connectivity index (χ0) is 21.6. The van der Waals surface area contributed by atoms with Crippen molar-refractivity contribution in [2.24, 2.45) is 0 Å². The zero-order valence-corrected chi connectivity index (χ0v) is 17.4. The van der Waals surface area contributed by atoms with Gasteiger partial charge in [-0.1, -0.05) is 36.4 Å². The van der Waals surface area contributed by atoms with E-state index < -0.39 is 11.3 Å². The van der Waals surface area contributed by atoms with E-state index in [1.54, 1.807) is 17.0 Å². The van der Waals surface area contributed by atoms with Gasteiger partial charge in [0.2, 0.25) is 0 Å². The van der Waals surface area contributed by atoms with E-state index >= 15 is 4.39 Å². The Labute approximate surface area is 180 Å². The molecule has 0 spiro atoms. The van der Waals surface area contributed by atoms with Crippen LogP contribution >= 0.6 is 0 Å². The van der Waals surface area contributed by atoms with Crippen molar-refractivity contribution < 1.29 is 18.7 Å². The number of benzene rings is 2. The molecule has 164 valence electrons. The van der Waals surface area contributed by atoms with E-state index in [1.807, 2.05) is 29.2 Å². The van der Waals surface area contributed by atoms with Crippen LogP contribution in [0, 0.1) is 5.82 Å². The minimum atomic E-state index is -1.67. The third-order valence-electron chi connectivity index (χ3n) is 7.23. The van der Waals surface area contributed by atoms with Crippen molar-refractivity contribution >= 4 is 6.03 Å². The lowest BCUT2D eigenvalue weighted by Gasteiger charge is -2.54. The number of nitrogens with zero attached hydrogens (tertiary/aromatic N) is 2. The number of amides is 2. The van der Waals surface area contributed by atoms with Crippen molar-refractivity contribution in [1.29, 1.82) is 0 Å². The van der Waals surface area contributed by atoms with E-state index in [1.165, 1.54) is 12.1 Å². The van der Waals surface area contributed by atoms with Crippen molar-refractivity contribution in [2.75, 3.05) is 32.7 Å². The van der Waals surface area contributed by atoms with Crippen molar-refractivity contribution in [3.05, 3.63) is 71.0 Å². The van der Waals surface area contributed by atoms with E-state index in [0.717, 1.165) is 16.7 Å². The second-order valence-electron chi connectivity index (χ2n) is 9.03. The largest absolute Gasteiger partial charge is 0.383 e. The minimum Gasteiger partial charge on any atom is -0.383 e. The van der Waals surface area contributed by atoms with E-state index in [-0.39, 0.29) is 43.8 Å². The van der Waals surface area contributed by atoms with Crippen LogP contribution in [0.5, 0.6) is 0 Å². The molecule has 2 aromatic rings. The van der Waals surface area contributed by atoms with Crippen LogP contribution in [0.25, 0.3) is 0 Å². The highest BCUT2D eigenvalue weighted by Crippen LogP contribution is 2.42. The Balaban J connectivity index is 1.39. The molecule has 0 radical (unpaired) electrons. The minimum absolute atomic E-state index is 0.132. The summed E-state index contributed by atoms with van der Waals surface area (Å²) in [5.74, 6) is -0.332. The Kier molecular flexibility index (Phi) is 4.98.